The van der Waals surface area contributed by atoms with Gasteiger partial charge in [0.25, 0.3) is 0 Å². The van der Waals surface area contributed by atoms with Crippen molar-refractivity contribution < 1.29 is 5.11 Å². The lowest BCUT2D eigenvalue weighted by molar-refractivity contribution is 0.207. The minimum Gasteiger partial charge on any atom is -0.507 e. The maximum Gasteiger partial charge on any atom is 0.151 e. The molecule has 6 heteroatoms. The number of aryl methyl sites for hydroxylation is 1. The van der Waals surface area contributed by atoms with E-state index in [2.05, 4.69) is 71.5 Å². The summed E-state index contributed by atoms with van der Waals surface area (Å²) in [4.78, 5) is 4.41. The average molecular weight is 446 g/mol. The van der Waals surface area contributed by atoms with Crippen LogP contribution < -0.4 is 10.2 Å². The van der Waals surface area contributed by atoms with Gasteiger partial charge in [0.05, 0.1) is 5.69 Å². The van der Waals surface area contributed by atoms with Crippen molar-refractivity contribution in [2.24, 2.45) is 0 Å². The van der Waals surface area contributed by atoms with Gasteiger partial charge in [-0.15, -0.1) is 10.2 Å². The van der Waals surface area contributed by atoms with Gasteiger partial charge in [0.15, 0.2) is 5.82 Å². The summed E-state index contributed by atoms with van der Waals surface area (Å²) in [6.45, 7) is 7.63. The molecule has 2 N–H and O–H groups in total. The molecule has 174 valence electrons. The molecular weight excluding hydrogens is 410 g/mol. The Hall–Kier alpha value is -2.86. The Morgan fingerprint density at radius 1 is 1.09 bits per heavy atom. The molecule has 0 aliphatic carbocycles. The van der Waals surface area contributed by atoms with E-state index in [1.165, 1.54) is 12.8 Å². The summed E-state index contributed by atoms with van der Waals surface area (Å²) >= 11 is 0. The molecule has 0 saturated carbocycles. The maximum absolute atomic E-state index is 10.8. The van der Waals surface area contributed by atoms with Crippen molar-refractivity contribution in [3.63, 3.8) is 0 Å². The molecule has 1 aromatic carbocycles. The van der Waals surface area contributed by atoms with E-state index in [1.807, 2.05) is 31.3 Å². The number of benzene rings is 1. The summed E-state index contributed by atoms with van der Waals surface area (Å²) in [5.74, 6) is 1.11. The predicted molar refractivity (Wildman–Crippen MR) is 134 cm³/mol. The standard InChI is InChI=1S/C27H35N5O/c1-18-14-22(24(33)15-21(18)19-8-12-31(4)13-9-19)23-6-7-25(29-28-23)32(5)20-16-26(2)10-11-27(3,17-20)30-26/h6-9,12,14-15,20,30,33H,10-11,13,16-17H2,1-5H3/t20?,26-,27+. The largest absolute Gasteiger partial charge is 0.507 e. The zero-order chi connectivity index (χ0) is 23.4. The molecule has 1 aromatic heterocycles. The SMILES string of the molecule is Cc1cc(-c2ccc(N(C)C3C[C@]4(C)CC[C@](C)(C3)N4)nn2)c(O)cc1C1=CCN(C)C=C1. The Balaban J connectivity index is 1.36. The van der Waals surface area contributed by atoms with Crippen LogP contribution in [0.15, 0.2) is 42.6 Å². The van der Waals surface area contributed by atoms with Crippen molar-refractivity contribution in [1.82, 2.24) is 20.4 Å². The number of anilines is 1. The molecule has 3 aliphatic heterocycles. The lowest BCUT2D eigenvalue weighted by atomic mass is 9.84. The number of phenolic OH excluding ortho intramolecular Hbond substituents is 1. The number of phenols is 1. The van der Waals surface area contributed by atoms with Crippen LogP contribution in [0, 0.1) is 6.92 Å². The Morgan fingerprint density at radius 3 is 2.42 bits per heavy atom. The van der Waals surface area contributed by atoms with Gasteiger partial charge >= 0.3 is 0 Å². The quantitative estimate of drug-likeness (QED) is 0.723. The zero-order valence-corrected chi connectivity index (χ0v) is 20.4. The van der Waals surface area contributed by atoms with Gasteiger partial charge in [-0.25, -0.2) is 0 Å². The number of fused-ring (bicyclic) bond motifs is 2. The van der Waals surface area contributed by atoms with Crippen molar-refractivity contribution in [2.45, 2.75) is 63.6 Å². The number of aromatic hydroxyl groups is 1. The van der Waals surface area contributed by atoms with Crippen LogP contribution in [-0.4, -0.2) is 58.0 Å². The Labute approximate surface area is 197 Å². The first kappa shape index (κ1) is 22.0. The molecule has 2 saturated heterocycles. The molecule has 2 fully saturated rings. The van der Waals surface area contributed by atoms with Crippen molar-refractivity contribution in [1.29, 1.82) is 0 Å². The molecule has 2 aromatic rings. The molecule has 3 atom stereocenters. The number of hydrogen-bond acceptors (Lipinski definition) is 6. The monoisotopic (exact) mass is 445 g/mol. The first-order chi connectivity index (χ1) is 15.6. The highest BCUT2D eigenvalue weighted by molar-refractivity contribution is 5.81. The van der Waals surface area contributed by atoms with Gasteiger partial charge in [-0.1, -0.05) is 6.08 Å². The third kappa shape index (κ3) is 4.12. The van der Waals surface area contributed by atoms with Gasteiger partial charge < -0.3 is 20.2 Å². The number of piperidine rings is 1. The lowest BCUT2D eigenvalue weighted by Crippen LogP contribution is -2.58. The summed E-state index contributed by atoms with van der Waals surface area (Å²) in [6, 6.07) is 8.30. The van der Waals surface area contributed by atoms with E-state index in [0.29, 0.717) is 11.7 Å². The smallest absolute Gasteiger partial charge is 0.151 e. The molecule has 33 heavy (non-hydrogen) atoms. The summed E-state index contributed by atoms with van der Waals surface area (Å²) < 4.78 is 0. The molecule has 1 unspecified atom stereocenters. The van der Waals surface area contributed by atoms with Gasteiger partial charge in [-0.2, -0.15) is 0 Å². The number of aromatic nitrogens is 2. The minimum absolute atomic E-state index is 0.211. The summed E-state index contributed by atoms with van der Waals surface area (Å²) in [5.41, 5.74) is 5.12. The fourth-order valence-electron chi connectivity index (χ4n) is 5.93. The average Bonchev–Trinajstić information content (AvgIpc) is 3.02. The van der Waals surface area contributed by atoms with Crippen LogP contribution in [0.2, 0.25) is 0 Å². The Morgan fingerprint density at radius 2 is 1.82 bits per heavy atom. The van der Waals surface area contributed by atoms with E-state index in [-0.39, 0.29) is 16.8 Å². The second-order valence-corrected chi connectivity index (χ2v) is 10.8. The van der Waals surface area contributed by atoms with Gasteiger partial charge in [-0.3, -0.25) is 0 Å². The lowest BCUT2D eigenvalue weighted by Gasteiger charge is -2.45. The number of rotatable bonds is 4. The zero-order valence-electron chi connectivity index (χ0n) is 20.4. The number of nitrogens with zero attached hydrogens (tertiary/aromatic N) is 4. The highest BCUT2D eigenvalue weighted by Gasteiger charge is 2.49. The van der Waals surface area contributed by atoms with Gasteiger partial charge in [0, 0.05) is 43.3 Å². The maximum atomic E-state index is 10.8. The highest BCUT2D eigenvalue weighted by Crippen LogP contribution is 2.44. The number of nitrogens with one attached hydrogen (secondary N) is 1. The van der Waals surface area contributed by atoms with E-state index in [0.717, 1.165) is 47.5 Å². The summed E-state index contributed by atoms with van der Waals surface area (Å²) in [5, 5.41) is 23.7. The molecule has 0 amide bonds. The van der Waals surface area contributed by atoms with Crippen molar-refractivity contribution in [2.75, 3.05) is 25.5 Å². The molecule has 3 aliphatic rings. The van der Waals surface area contributed by atoms with Gasteiger partial charge in [-0.05, 0) is 99.7 Å². The van der Waals surface area contributed by atoms with Crippen LogP contribution in [0.1, 0.15) is 50.7 Å². The van der Waals surface area contributed by atoms with Gasteiger partial charge in [0.2, 0.25) is 0 Å². The third-order valence-corrected chi connectivity index (χ3v) is 7.80. The van der Waals surface area contributed by atoms with E-state index in [4.69, 9.17) is 0 Å². The normalized spacial score (nSPS) is 28.7. The van der Waals surface area contributed by atoms with E-state index in [9.17, 15) is 5.11 Å². The highest BCUT2D eigenvalue weighted by atomic mass is 16.3. The number of allylic oxidation sites excluding steroid dienone is 2. The van der Waals surface area contributed by atoms with Crippen molar-refractivity contribution in [3.8, 4) is 17.0 Å². The van der Waals surface area contributed by atoms with Gasteiger partial charge in [0.1, 0.15) is 5.75 Å². The fourth-order valence-corrected chi connectivity index (χ4v) is 5.93. The fraction of sp³-hybridized carbons (Fsp3) is 0.481. The summed E-state index contributed by atoms with van der Waals surface area (Å²) in [7, 11) is 4.18. The van der Waals surface area contributed by atoms with E-state index < -0.39 is 0 Å². The van der Waals surface area contributed by atoms with Crippen LogP contribution in [-0.2, 0) is 0 Å². The first-order valence-corrected chi connectivity index (χ1v) is 11.9. The number of hydrogen-bond donors (Lipinski definition) is 2. The molecule has 0 radical (unpaired) electrons. The molecule has 2 bridgehead atoms. The molecule has 4 heterocycles. The second-order valence-electron chi connectivity index (χ2n) is 10.8. The van der Waals surface area contributed by atoms with E-state index >= 15 is 0 Å². The molecule has 5 rings (SSSR count). The second kappa shape index (κ2) is 7.87. The van der Waals surface area contributed by atoms with Crippen molar-refractivity contribution >= 4 is 11.4 Å². The summed E-state index contributed by atoms with van der Waals surface area (Å²) in [6.07, 6.45) is 11.0. The van der Waals surface area contributed by atoms with Crippen LogP contribution in [0.4, 0.5) is 5.82 Å². The van der Waals surface area contributed by atoms with Crippen LogP contribution >= 0.6 is 0 Å². The minimum atomic E-state index is 0.211. The Bertz CT molecular complexity index is 1110. The predicted octanol–water partition coefficient (Wildman–Crippen LogP) is 4.50. The van der Waals surface area contributed by atoms with E-state index in [1.54, 1.807) is 0 Å². The molecule has 0 spiro atoms. The molecular formula is C27H35N5O. The molecule has 6 nitrogen and oxygen atoms in total. The first-order valence-electron chi connectivity index (χ1n) is 11.9. The van der Waals surface area contributed by atoms with Crippen molar-refractivity contribution in [3.05, 3.63) is 53.7 Å². The Kier molecular flexibility index (Phi) is 5.24. The van der Waals surface area contributed by atoms with Crippen LogP contribution in [0.25, 0.3) is 16.8 Å². The third-order valence-electron chi connectivity index (χ3n) is 7.80. The van der Waals surface area contributed by atoms with Crippen LogP contribution in [0.5, 0.6) is 5.75 Å². The number of likely N-dealkylation sites (N-methyl/N-ethyl adjacent to an activating group) is 1. The van der Waals surface area contributed by atoms with Crippen LogP contribution in [0.3, 0.4) is 0 Å². The topological polar surface area (TPSA) is 64.5 Å².